The molecule has 24 heavy (non-hydrogen) atoms. The molecule has 4 rings (SSSR count). The summed E-state index contributed by atoms with van der Waals surface area (Å²) in [5.41, 5.74) is 3.23. The second-order valence-electron chi connectivity index (χ2n) is 5.81. The standard InChI is InChI=1S/C18H15BrN4O/c19-13-6-7-21-16(9-13)18(24)22-14-3-1-2-12(8-14)17-10-20-11-23(17)15-4-5-15/h1-3,6-11,15H,4-5H2,(H,22,24). The van der Waals surface area contributed by atoms with Gasteiger partial charge in [0, 0.05) is 28.0 Å². The molecule has 1 aromatic carbocycles. The topological polar surface area (TPSA) is 59.8 Å². The van der Waals surface area contributed by atoms with Crippen molar-refractivity contribution in [2.75, 3.05) is 5.32 Å². The molecule has 0 unspecified atom stereocenters. The summed E-state index contributed by atoms with van der Waals surface area (Å²) in [6.07, 6.45) is 7.76. The number of imidazole rings is 1. The highest BCUT2D eigenvalue weighted by atomic mass is 79.9. The fourth-order valence-corrected chi connectivity index (χ4v) is 2.99. The van der Waals surface area contributed by atoms with E-state index in [9.17, 15) is 4.79 Å². The van der Waals surface area contributed by atoms with Crippen LogP contribution in [0.1, 0.15) is 29.4 Å². The van der Waals surface area contributed by atoms with Crippen LogP contribution in [0.5, 0.6) is 0 Å². The normalized spacial score (nSPS) is 13.7. The third-order valence-electron chi connectivity index (χ3n) is 3.98. The van der Waals surface area contributed by atoms with Crippen LogP contribution in [-0.2, 0) is 0 Å². The van der Waals surface area contributed by atoms with Crippen molar-refractivity contribution in [2.24, 2.45) is 0 Å². The monoisotopic (exact) mass is 382 g/mol. The van der Waals surface area contributed by atoms with Crippen LogP contribution in [0.15, 0.2) is 59.6 Å². The number of carbonyl (C=O) groups is 1. The Balaban J connectivity index is 1.58. The average molecular weight is 383 g/mol. The minimum absolute atomic E-state index is 0.232. The predicted octanol–water partition coefficient (Wildman–Crippen LogP) is 4.29. The van der Waals surface area contributed by atoms with Gasteiger partial charge in [0.15, 0.2) is 0 Å². The van der Waals surface area contributed by atoms with E-state index in [4.69, 9.17) is 0 Å². The smallest absolute Gasteiger partial charge is 0.274 e. The minimum Gasteiger partial charge on any atom is -0.328 e. The molecule has 1 N–H and O–H groups in total. The molecular formula is C18H15BrN4O. The third-order valence-corrected chi connectivity index (χ3v) is 4.47. The zero-order chi connectivity index (χ0) is 16.5. The molecule has 0 saturated heterocycles. The van der Waals surface area contributed by atoms with Crippen molar-refractivity contribution < 1.29 is 4.79 Å². The number of halogens is 1. The van der Waals surface area contributed by atoms with Gasteiger partial charge >= 0.3 is 0 Å². The van der Waals surface area contributed by atoms with Crippen molar-refractivity contribution in [3.8, 4) is 11.3 Å². The molecule has 0 bridgehead atoms. The van der Waals surface area contributed by atoms with Gasteiger partial charge in [-0.15, -0.1) is 0 Å². The number of aromatic nitrogens is 3. The zero-order valence-corrected chi connectivity index (χ0v) is 14.4. The fraction of sp³-hybridized carbons (Fsp3) is 0.167. The molecule has 0 spiro atoms. The molecule has 2 heterocycles. The molecule has 1 saturated carbocycles. The first-order valence-corrected chi connectivity index (χ1v) is 8.55. The van der Waals surface area contributed by atoms with E-state index in [1.165, 1.54) is 12.8 Å². The van der Waals surface area contributed by atoms with Gasteiger partial charge in [0.25, 0.3) is 5.91 Å². The van der Waals surface area contributed by atoms with E-state index in [-0.39, 0.29) is 5.91 Å². The molecule has 120 valence electrons. The van der Waals surface area contributed by atoms with Crippen molar-refractivity contribution in [3.63, 3.8) is 0 Å². The summed E-state index contributed by atoms with van der Waals surface area (Å²) >= 11 is 3.35. The van der Waals surface area contributed by atoms with Crippen LogP contribution < -0.4 is 5.32 Å². The van der Waals surface area contributed by atoms with E-state index in [1.54, 1.807) is 18.3 Å². The molecule has 1 fully saturated rings. The maximum atomic E-state index is 12.3. The zero-order valence-electron chi connectivity index (χ0n) is 12.8. The number of hydrogen-bond acceptors (Lipinski definition) is 3. The lowest BCUT2D eigenvalue weighted by Gasteiger charge is -2.09. The van der Waals surface area contributed by atoms with Crippen LogP contribution in [0.3, 0.4) is 0 Å². The van der Waals surface area contributed by atoms with Crippen LogP contribution in [0.4, 0.5) is 5.69 Å². The van der Waals surface area contributed by atoms with E-state index in [1.807, 2.05) is 36.8 Å². The molecule has 2 aromatic heterocycles. The number of nitrogens with one attached hydrogen (secondary N) is 1. The summed E-state index contributed by atoms with van der Waals surface area (Å²) in [7, 11) is 0. The molecule has 0 radical (unpaired) electrons. The van der Waals surface area contributed by atoms with Gasteiger partial charge in [-0.3, -0.25) is 9.78 Å². The number of rotatable bonds is 4. The molecule has 6 heteroatoms. The van der Waals surface area contributed by atoms with Crippen LogP contribution >= 0.6 is 15.9 Å². The molecule has 0 atom stereocenters. The van der Waals surface area contributed by atoms with E-state index in [2.05, 4.69) is 35.8 Å². The van der Waals surface area contributed by atoms with Gasteiger partial charge in [0.1, 0.15) is 5.69 Å². The highest BCUT2D eigenvalue weighted by Gasteiger charge is 2.25. The Bertz CT molecular complexity index is 901. The lowest BCUT2D eigenvalue weighted by Crippen LogP contribution is -2.13. The maximum Gasteiger partial charge on any atom is 0.274 e. The first-order valence-electron chi connectivity index (χ1n) is 7.76. The largest absolute Gasteiger partial charge is 0.328 e. The number of pyridine rings is 1. The van der Waals surface area contributed by atoms with Gasteiger partial charge in [-0.25, -0.2) is 4.98 Å². The first kappa shape index (κ1) is 15.1. The minimum atomic E-state index is -0.232. The number of carbonyl (C=O) groups excluding carboxylic acids is 1. The number of hydrogen-bond donors (Lipinski definition) is 1. The lowest BCUT2D eigenvalue weighted by molar-refractivity contribution is 0.102. The summed E-state index contributed by atoms with van der Waals surface area (Å²) in [4.78, 5) is 20.7. The number of benzene rings is 1. The van der Waals surface area contributed by atoms with Crippen molar-refractivity contribution in [2.45, 2.75) is 18.9 Å². The molecule has 5 nitrogen and oxygen atoms in total. The molecule has 1 aliphatic rings. The fourth-order valence-electron chi connectivity index (χ4n) is 2.65. The van der Waals surface area contributed by atoms with Gasteiger partial charge in [-0.1, -0.05) is 28.1 Å². The Morgan fingerprint density at radius 3 is 2.92 bits per heavy atom. The van der Waals surface area contributed by atoms with E-state index < -0.39 is 0 Å². The molecule has 1 amide bonds. The van der Waals surface area contributed by atoms with E-state index in [0.29, 0.717) is 11.7 Å². The summed E-state index contributed by atoms with van der Waals surface area (Å²) in [6.45, 7) is 0. The van der Waals surface area contributed by atoms with Gasteiger partial charge in [0.05, 0.1) is 18.2 Å². The van der Waals surface area contributed by atoms with Gasteiger partial charge < -0.3 is 9.88 Å². The number of anilines is 1. The maximum absolute atomic E-state index is 12.3. The molecule has 1 aliphatic carbocycles. The molecular weight excluding hydrogens is 368 g/mol. The number of amides is 1. The second kappa shape index (κ2) is 6.20. The Morgan fingerprint density at radius 2 is 2.12 bits per heavy atom. The van der Waals surface area contributed by atoms with Crippen molar-refractivity contribution in [3.05, 3.63) is 65.3 Å². The number of nitrogens with zero attached hydrogens (tertiary/aromatic N) is 3. The van der Waals surface area contributed by atoms with E-state index in [0.717, 1.165) is 21.4 Å². The van der Waals surface area contributed by atoms with Crippen LogP contribution in [0.25, 0.3) is 11.3 Å². The lowest BCUT2D eigenvalue weighted by atomic mass is 10.1. The summed E-state index contributed by atoms with van der Waals surface area (Å²) in [5.74, 6) is -0.232. The Morgan fingerprint density at radius 1 is 1.25 bits per heavy atom. The van der Waals surface area contributed by atoms with Gasteiger partial charge in [-0.05, 0) is 37.1 Å². The van der Waals surface area contributed by atoms with Crippen molar-refractivity contribution in [1.82, 2.24) is 14.5 Å². The molecule has 0 aliphatic heterocycles. The summed E-state index contributed by atoms with van der Waals surface area (Å²) in [5, 5.41) is 2.90. The Labute approximate surface area is 147 Å². The van der Waals surface area contributed by atoms with Crippen LogP contribution in [0.2, 0.25) is 0 Å². The van der Waals surface area contributed by atoms with Gasteiger partial charge in [0.2, 0.25) is 0 Å². The highest BCUT2D eigenvalue weighted by molar-refractivity contribution is 9.10. The van der Waals surface area contributed by atoms with Gasteiger partial charge in [-0.2, -0.15) is 0 Å². The Hall–Kier alpha value is -2.47. The van der Waals surface area contributed by atoms with Crippen LogP contribution in [0, 0.1) is 0 Å². The highest BCUT2D eigenvalue weighted by Crippen LogP contribution is 2.38. The van der Waals surface area contributed by atoms with Crippen molar-refractivity contribution >= 4 is 27.5 Å². The third kappa shape index (κ3) is 3.10. The first-order chi connectivity index (χ1) is 11.7. The molecule has 3 aromatic rings. The van der Waals surface area contributed by atoms with Crippen molar-refractivity contribution in [1.29, 1.82) is 0 Å². The summed E-state index contributed by atoms with van der Waals surface area (Å²) in [6, 6.07) is 11.8. The SMILES string of the molecule is O=C(Nc1cccc(-c2cncn2C2CC2)c1)c1cc(Br)ccn1. The quantitative estimate of drug-likeness (QED) is 0.731. The predicted molar refractivity (Wildman–Crippen MR) is 95.8 cm³/mol. The van der Waals surface area contributed by atoms with E-state index >= 15 is 0 Å². The summed E-state index contributed by atoms with van der Waals surface area (Å²) < 4.78 is 3.03. The average Bonchev–Trinajstić information content (AvgIpc) is 3.32. The van der Waals surface area contributed by atoms with Crippen LogP contribution in [-0.4, -0.2) is 20.4 Å². The second-order valence-corrected chi connectivity index (χ2v) is 6.73. The Kier molecular flexibility index (Phi) is 3.90.